The molecular weight excluding hydrogens is 340 g/mol. The van der Waals surface area contributed by atoms with Gasteiger partial charge in [0.1, 0.15) is 0 Å². The fourth-order valence-electron chi connectivity index (χ4n) is 3.79. The van der Waals surface area contributed by atoms with Crippen molar-refractivity contribution >= 4 is 18.3 Å². The molecule has 140 valence electrons. The van der Waals surface area contributed by atoms with Crippen LogP contribution in [0.15, 0.2) is 24.3 Å². The van der Waals surface area contributed by atoms with E-state index in [4.69, 9.17) is 9.47 Å². The first-order valence-corrected chi connectivity index (χ1v) is 8.91. The third kappa shape index (κ3) is 5.17. The normalized spacial score (nSPS) is 22.7. The third-order valence-corrected chi connectivity index (χ3v) is 5.22. The summed E-state index contributed by atoms with van der Waals surface area (Å²) in [6.07, 6.45) is 2.37. The van der Waals surface area contributed by atoms with Crippen LogP contribution in [0.4, 0.5) is 0 Å². The topological polar surface area (TPSA) is 59.6 Å². The van der Waals surface area contributed by atoms with Gasteiger partial charge in [0.2, 0.25) is 5.91 Å². The van der Waals surface area contributed by atoms with Gasteiger partial charge in [0, 0.05) is 44.2 Å². The molecule has 0 radical (unpaired) electrons. The zero-order valence-corrected chi connectivity index (χ0v) is 15.7. The van der Waals surface area contributed by atoms with Gasteiger partial charge in [-0.2, -0.15) is 0 Å². The fraction of sp³-hybridized carbons (Fsp3) is 0.632. The van der Waals surface area contributed by atoms with Crippen LogP contribution in [-0.4, -0.2) is 51.5 Å². The van der Waals surface area contributed by atoms with E-state index in [9.17, 15) is 4.79 Å². The molecule has 0 spiro atoms. The zero-order valence-electron chi connectivity index (χ0n) is 14.9. The Balaban J connectivity index is 0.00000225. The van der Waals surface area contributed by atoms with E-state index in [1.54, 1.807) is 0 Å². The number of hydrogen-bond donors (Lipinski definition) is 2. The summed E-state index contributed by atoms with van der Waals surface area (Å²) in [7, 11) is 0. The van der Waals surface area contributed by atoms with Gasteiger partial charge < -0.3 is 20.1 Å². The van der Waals surface area contributed by atoms with Gasteiger partial charge in [0.05, 0.1) is 13.2 Å². The Morgan fingerprint density at radius 2 is 2.00 bits per heavy atom. The van der Waals surface area contributed by atoms with Crippen molar-refractivity contribution in [2.24, 2.45) is 0 Å². The highest BCUT2D eigenvalue weighted by molar-refractivity contribution is 5.85. The van der Waals surface area contributed by atoms with Gasteiger partial charge in [-0.05, 0) is 30.9 Å². The smallest absolute Gasteiger partial charge is 0.221 e. The highest BCUT2D eigenvalue weighted by atomic mass is 35.5. The first kappa shape index (κ1) is 20.2. The van der Waals surface area contributed by atoms with E-state index in [2.05, 4.69) is 41.8 Å². The van der Waals surface area contributed by atoms with Gasteiger partial charge in [0.25, 0.3) is 0 Å². The Hall–Kier alpha value is -1.14. The van der Waals surface area contributed by atoms with Gasteiger partial charge in [-0.25, -0.2) is 0 Å². The molecule has 1 amide bonds. The molecule has 25 heavy (non-hydrogen) atoms. The summed E-state index contributed by atoms with van der Waals surface area (Å²) in [6.45, 7) is 6.50. The molecule has 1 unspecified atom stereocenters. The number of aryl methyl sites for hydroxylation is 1. The molecule has 2 fully saturated rings. The van der Waals surface area contributed by atoms with Gasteiger partial charge in [0.15, 0.2) is 0 Å². The first-order valence-electron chi connectivity index (χ1n) is 8.91. The molecule has 5 nitrogen and oxygen atoms in total. The first-order chi connectivity index (χ1) is 11.7. The molecule has 0 bridgehead atoms. The lowest BCUT2D eigenvalue weighted by atomic mass is 9.72. The van der Waals surface area contributed by atoms with Crippen molar-refractivity contribution in [1.82, 2.24) is 10.6 Å². The predicted octanol–water partition coefficient (Wildman–Crippen LogP) is 1.96. The van der Waals surface area contributed by atoms with E-state index in [-0.39, 0.29) is 29.8 Å². The van der Waals surface area contributed by atoms with Crippen LogP contribution >= 0.6 is 12.4 Å². The van der Waals surface area contributed by atoms with E-state index >= 15 is 0 Å². The molecule has 3 rings (SSSR count). The molecule has 0 saturated carbocycles. The van der Waals surface area contributed by atoms with Crippen molar-refractivity contribution in [3.8, 4) is 0 Å². The highest BCUT2D eigenvalue weighted by Crippen LogP contribution is 2.36. The Morgan fingerprint density at radius 1 is 1.24 bits per heavy atom. The molecule has 1 aromatic rings. The summed E-state index contributed by atoms with van der Waals surface area (Å²) in [5.41, 5.74) is 2.61. The standard InChI is InChI=1S/C19H28N2O3.ClH/c1-15-4-2-3-5-17(15)19(6-9-23-10-7-19)14-21-18(22)12-16-13-24-11-8-20-16;/h2-5,16,20H,6-14H2,1H3,(H,21,22);1H. The number of amides is 1. The Labute approximate surface area is 156 Å². The van der Waals surface area contributed by atoms with Gasteiger partial charge in [-0.1, -0.05) is 24.3 Å². The van der Waals surface area contributed by atoms with E-state index in [0.717, 1.165) is 39.2 Å². The summed E-state index contributed by atoms with van der Waals surface area (Å²) in [4.78, 5) is 12.4. The molecule has 6 heteroatoms. The van der Waals surface area contributed by atoms with Crippen LogP contribution < -0.4 is 10.6 Å². The van der Waals surface area contributed by atoms with Crippen molar-refractivity contribution in [3.05, 3.63) is 35.4 Å². The van der Waals surface area contributed by atoms with Crippen LogP contribution in [0.5, 0.6) is 0 Å². The maximum Gasteiger partial charge on any atom is 0.221 e. The molecule has 0 aliphatic carbocycles. The monoisotopic (exact) mass is 368 g/mol. The molecule has 2 heterocycles. The number of nitrogens with one attached hydrogen (secondary N) is 2. The third-order valence-electron chi connectivity index (χ3n) is 5.22. The van der Waals surface area contributed by atoms with Crippen molar-refractivity contribution in [2.75, 3.05) is 39.5 Å². The zero-order chi connectivity index (χ0) is 16.8. The molecule has 1 aromatic carbocycles. The summed E-state index contributed by atoms with van der Waals surface area (Å²) >= 11 is 0. The fourth-order valence-corrected chi connectivity index (χ4v) is 3.79. The van der Waals surface area contributed by atoms with E-state index in [1.807, 2.05) is 0 Å². The average Bonchev–Trinajstić information content (AvgIpc) is 2.62. The summed E-state index contributed by atoms with van der Waals surface area (Å²) < 4.78 is 11.0. The second-order valence-corrected chi connectivity index (χ2v) is 6.91. The summed E-state index contributed by atoms with van der Waals surface area (Å²) in [6, 6.07) is 8.63. The van der Waals surface area contributed by atoms with Crippen molar-refractivity contribution in [1.29, 1.82) is 0 Å². The number of carbonyl (C=O) groups excluding carboxylic acids is 1. The SMILES string of the molecule is Cc1ccccc1C1(CNC(=O)CC2COCCN2)CCOCC1.Cl. The summed E-state index contributed by atoms with van der Waals surface area (Å²) in [5.74, 6) is 0.0949. The number of rotatable bonds is 5. The van der Waals surface area contributed by atoms with Crippen molar-refractivity contribution in [2.45, 2.75) is 37.6 Å². The molecule has 2 N–H and O–H groups in total. The Kier molecular flexibility index (Phi) is 7.69. The second-order valence-electron chi connectivity index (χ2n) is 6.91. The highest BCUT2D eigenvalue weighted by Gasteiger charge is 2.36. The lowest BCUT2D eigenvalue weighted by Crippen LogP contribution is -2.48. The van der Waals surface area contributed by atoms with Gasteiger partial charge >= 0.3 is 0 Å². The Bertz CT molecular complexity index is 555. The van der Waals surface area contributed by atoms with Crippen LogP contribution in [0.3, 0.4) is 0 Å². The number of morpholine rings is 1. The van der Waals surface area contributed by atoms with Gasteiger partial charge in [-0.15, -0.1) is 12.4 Å². The number of carbonyl (C=O) groups is 1. The minimum absolute atomic E-state index is 0. The van der Waals surface area contributed by atoms with Crippen LogP contribution in [0.1, 0.15) is 30.4 Å². The molecule has 0 aromatic heterocycles. The lowest BCUT2D eigenvalue weighted by Gasteiger charge is -2.39. The maximum absolute atomic E-state index is 12.4. The van der Waals surface area contributed by atoms with Crippen molar-refractivity contribution in [3.63, 3.8) is 0 Å². The lowest BCUT2D eigenvalue weighted by molar-refractivity contribution is -0.122. The molecule has 2 aliphatic rings. The van der Waals surface area contributed by atoms with Crippen molar-refractivity contribution < 1.29 is 14.3 Å². The summed E-state index contributed by atoms with van der Waals surface area (Å²) in [5, 5.41) is 6.51. The predicted molar refractivity (Wildman–Crippen MR) is 100 cm³/mol. The minimum Gasteiger partial charge on any atom is -0.381 e. The van der Waals surface area contributed by atoms with Crippen LogP contribution in [0.2, 0.25) is 0 Å². The van der Waals surface area contributed by atoms with E-state index in [0.29, 0.717) is 19.6 Å². The number of hydrogen-bond acceptors (Lipinski definition) is 4. The molecule has 1 atom stereocenters. The average molecular weight is 369 g/mol. The van der Waals surface area contributed by atoms with E-state index < -0.39 is 0 Å². The number of ether oxygens (including phenoxy) is 2. The number of halogens is 1. The molecular formula is C19H29ClN2O3. The number of benzene rings is 1. The molecule has 2 saturated heterocycles. The van der Waals surface area contributed by atoms with Crippen LogP contribution in [0.25, 0.3) is 0 Å². The second kappa shape index (κ2) is 9.53. The Morgan fingerprint density at radius 3 is 2.68 bits per heavy atom. The van der Waals surface area contributed by atoms with Crippen LogP contribution in [-0.2, 0) is 19.7 Å². The molecule has 2 aliphatic heterocycles. The van der Waals surface area contributed by atoms with Crippen LogP contribution in [0, 0.1) is 6.92 Å². The quantitative estimate of drug-likeness (QED) is 0.834. The van der Waals surface area contributed by atoms with E-state index in [1.165, 1.54) is 11.1 Å². The minimum atomic E-state index is -0.0181. The maximum atomic E-state index is 12.4. The van der Waals surface area contributed by atoms with Gasteiger partial charge in [-0.3, -0.25) is 4.79 Å². The largest absolute Gasteiger partial charge is 0.381 e.